The number of carbonyl (C=O) groups excluding carboxylic acids is 1. The molecule has 1 aromatic carbocycles. The first-order valence-electron chi connectivity index (χ1n) is 10.9. The molecule has 1 amide bonds. The molecule has 0 fully saturated rings. The van der Waals surface area contributed by atoms with Crippen molar-refractivity contribution in [3.63, 3.8) is 0 Å². The van der Waals surface area contributed by atoms with Crippen LogP contribution in [0.4, 0.5) is 0 Å². The Morgan fingerprint density at radius 2 is 1.94 bits per heavy atom. The molecule has 34 heavy (non-hydrogen) atoms. The molecule has 4 aromatic rings. The van der Waals surface area contributed by atoms with Gasteiger partial charge in [-0.2, -0.15) is 0 Å². The number of rotatable bonds is 11. The quantitative estimate of drug-likeness (QED) is 0.312. The Morgan fingerprint density at radius 1 is 1.12 bits per heavy atom. The Hall–Kier alpha value is -3.79. The molecule has 0 saturated heterocycles. The number of benzene rings is 1. The number of hydrogen-bond donors (Lipinski definition) is 1. The summed E-state index contributed by atoms with van der Waals surface area (Å²) in [6.07, 6.45) is 3.25. The molecule has 0 aliphatic rings. The van der Waals surface area contributed by atoms with Crippen LogP contribution in [0, 0.1) is 0 Å². The lowest BCUT2D eigenvalue weighted by molar-refractivity contribution is -0.118. The van der Waals surface area contributed by atoms with Gasteiger partial charge in [-0.1, -0.05) is 11.8 Å². The summed E-state index contributed by atoms with van der Waals surface area (Å²) >= 11 is 1.33. The lowest BCUT2D eigenvalue weighted by atomic mass is 10.2. The zero-order valence-corrected chi connectivity index (χ0v) is 19.7. The zero-order valence-electron chi connectivity index (χ0n) is 18.9. The van der Waals surface area contributed by atoms with Crippen molar-refractivity contribution < 1.29 is 18.7 Å². The average molecular weight is 480 g/mol. The SMILES string of the molecule is CCOc1ccc(Oc2cc(CNC(=O)CSc3nnc(-c4ccco4)n3CC)ccn2)cc1. The second kappa shape index (κ2) is 11.4. The molecule has 0 atom stereocenters. The molecule has 0 aliphatic heterocycles. The van der Waals surface area contributed by atoms with E-state index in [0.29, 0.717) is 48.1 Å². The first kappa shape index (κ1) is 23.4. The van der Waals surface area contributed by atoms with Gasteiger partial charge in [-0.15, -0.1) is 10.2 Å². The van der Waals surface area contributed by atoms with Crippen LogP contribution in [0.3, 0.4) is 0 Å². The molecule has 0 radical (unpaired) electrons. The number of hydrogen-bond acceptors (Lipinski definition) is 8. The summed E-state index contributed by atoms with van der Waals surface area (Å²) in [7, 11) is 0. The molecule has 1 N–H and O–H groups in total. The van der Waals surface area contributed by atoms with E-state index in [-0.39, 0.29) is 11.7 Å². The van der Waals surface area contributed by atoms with E-state index in [1.54, 1.807) is 24.6 Å². The van der Waals surface area contributed by atoms with Gasteiger partial charge in [0, 0.05) is 25.4 Å². The van der Waals surface area contributed by atoms with E-state index in [1.165, 1.54) is 11.8 Å². The standard InChI is InChI=1S/C24H25N5O4S/c1-3-29-23(20-6-5-13-32-20)27-28-24(29)34-16-21(30)26-15-17-11-12-25-22(14-17)33-19-9-7-18(8-10-19)31-4-2/h5-14H,3-4,15-16H2,1-2H3,(H,26,30). The maximum Gasteiger partial charge on any atom is 0.230 e. The van der Waals surface area contributed by atoms with Crippen molar-refractivity contribution in [1.29, 1.82) is 0 Å². The van der Waals surface area contributed by atoms with Crippen molar-refractivity contribution in [3.05, 3.63) is 66.6 Å². The summed E-state index contributed by atoms with van der Waals surface area (Å²) < 4.78 is 18.6. The van der Waals surface area contributed by atoms with E-state index in [4.69, 9.17) is 13.9 Å². The van der Waals surface area contributed by atoms with E-state index in [9.17, 15) is 4.79 Å². The van der Waals surface area contributed by atoms with Crippen molar-refractivity contribution >= 4 is 17.7 Å². The molecule has 0 saturated carbocycles. The Kier molecular flexibility index (Phi) is 7.82. The molecule has 0 aliphatic carbocycles. The van der Waals surface area contributed by atoms with Crippen LogP contribution in [0.25, 0.3) is 11.6 Å². The van der Waals surface area contributed by atoms with Gasteiger partial charge in [0.15, 0.2) is 16.7 Å². The number of carbonyl (C=O) groups is 1. The number of amides is 1. The molecule has 176 valence electrons. The molecular formula is C24H25N5O4S. The molecule has 3 heterocycles. The van der Waals surface area contributed by atoms with Crippen molar-refractivity contribution in [2.75, 3.05) is 12.4 Å². The fourth-order valence-electron chi connectivity index (χ4n) is 3.16. The number of nitrogens with zero attached hydrogens (tertiary/aromatic N) is 4. The van der Waals surface area contributed by atoms with Crippen molar-refractivity contribution in [1.82, 2.24) is 25.1 Å². The third-order valence-electron chi connectivity index (χ3n) is 4.75. The summed E-state index contributed by atoms with van der Waals surface area (Å²) in [5.41, 5.74) is 0.881. The van der Waals surface area contributed by atoms with Gasteiger partial charge in [0.25, 0.3) is 0 Å². The number of thioether (sulfide) groups is 1. The fraction of sp³-hybridized carbons (Fsp3) is 0.250. The molecule has 0 unspecified atom stereocenters. The first-order chi connectivity index (χ1) is 16.7. The summed E-state index contributed by atoms with van der Waals surface area (Å²) in [5, 5.41) is 12.0. The topological polar surface area (TPSA) is 104 Å². The van der Waals surface area contributed by atoms with Crippen molar-refractivity contribution in [2.24, 2.45) is 0 Å². The number of nitrogens with one attached hydrogen (secondary N) is 1. The third kappa shape index (κ3) is 5.96. The van der Waals surface area contributed by atoms with Crippen LogP contribution in [0.2, 0.25) is 0 Å². The molecule has 10 heteroatoms. The minimum atomic E-state index is -0.110. The lowest BCUT2D eigenvalue weighted by Gasteiger charge is -2.09. The van der Waals surface area contributed by atoms with Gasteiger partial charge in [0.1, 0.15) is 11.5 Å². The highest BCUT2D eigenvalue weighted by Gasteiger charge is 2.16. The predicted molar refractivity (Wildman–Crippen MR) is 128 cm³/mol. The Labute approximate surface area is 201 Å². The van der Waals surface area contributed by atoms with Gasteiger partial charge in [-0.05, 0) is 61.9 Å². The molecular weight excluding hydrogens is 454 g/mol. The van der Waals surface area contributed by atoms with Crippen LogP contribution in [0.15, 0.2) is 70.6 Å². The minimum Gasteiger partial charge on any atom is -0.494 e. The molecule has 0 spiro atoms. The molecule has 4 rings (SSSR count). The molecule has 9 nitrogen and oxygen atoms in total. The Balaban J connectivity index is 1.29. The van der Waals surface area contributed by atoms with Crippen LogP contribution in [-0.2, 0) is 17.9 Å². The van der Waals surface area contributed by atoms with Crippen molar-refractivity contribution in [2.45, 2.75) is 32.1 Å². The first-order valence-corrected chi connectivity index (χ1v) is 11.9. The summed E-state index contributed by atoms with van der Waals surface area (Å²) in [6, 6.07) is 14.6. The number of aromatic nitrogens is 4. The van der Waals surface area contributed by atoms with E-state index in [1.807, 2.05) is 54.8 Å². The largest absolute Gasteiger partial charge is 0.494 e. The van der Waals surface area contributed by atoms with Crippen LogP contribution in [0.5, 0.6) is 17.4 Å². The van der Waals surface area contributed by atoms with Gasteiger partial charge in [0.05, 0.1) is 18.6 Å². The number of pyridine rings is 1. The molecule has 3 aromatic heterocycles. The fourth-order valence-corrected chi connectivity index (χ4v) is 3.99. The highest BCUT2D eigenvalue weighted by atomic mass is 32.2. The zero-order chi connectivity index (χ0) is 23.8. The van der Waals surface area contributed by atoms with Crippen molar-refractivity contribution in [3.8, 4) is 29.0 Å². The van der Waals surface area contributed by atoms with E-state index >= 15 is 0 Å². The highest BCUT2D eigenvalue weighted by molar-refractivity contribution is 7.99. The van der Waals surface area contributed by atoms with Gasteiger partial charge in [-0.3, -0.25) is 9.36 Å². The van der Waals surface area contributed by atoms with E-state index < -0.39 is 0 Å². The van der Waals surface area contributed by atoms with E-state index in [0.717, 1.165) is 11.3 Å². The monoisotopic (exact) mass is 479 g/mol. The van der Waals surface area contributed by atoms with Crippen LogP contribution < -0.4 is 14.8 Å². The Morgan fingerprint density at radius 3 is 2.68 bits per heavy atom. The minimum absolute atomic E-state index is 0.110. The Bertz CT molecular complexity index is 1210. The summed E-state index contributed by atoms with van der Waals surface area (Å²) in [6.45, 7) is 5.57. The second-order valence-electron chi connectivity index (χ2n) is 7.10. The third-order valence-corrected chi connectivity index (χ3v) is 5.72. The maximum absolute atomic E-state index is 12.4. The maximum atomic E-state index is 12.4. The predicted octanol–water partition coefficient (Wildman–Crippen LogP) is 4.55. The van der Waals surface area contributed by atoms with Crippen LogP contribution in [0.1, 0.15) is 19.4 Å². The highest BCUT2D eigenvalue weighted by Crippen LogP contribution is 2.25. The average Bonchev–Trinajstić information content (AvgIpc) is 3.53. The van der Waals surface area contributed by atoms with E-state index in [2.05, 4.69) is 20.5 Å². The van der Waals surface area contributed by atoms with Crippen LogP contribution in [-0.4, -0.2) is 38.0 Å². The number of ether oxygens (including phenoxy) is 2. The summed E-state index contributed by atoms with van der Waals surface area (Å²) in [4.78, 5) is 16.7. The van der Waals surface area contributed by atoms with Gasteiger partial charge in [-0.25, -0.2) is 4.98 Å². The van der Waals surface area contributed by atoms with Gasteiger partial charge < -0.3 is 19.2 Å². The van der Waals surface area contributed by atoms with Gasteiger partial charge >= 0.3 is 0 Å². The van der Waals surface area contributed by atoms with Gasteiger partial charge in [0.2, 0.25) is 11.8 Å². The second-order valence-corrected chi connectivity index (χ2v) is 8.04. The molecule has 0 bridgehead atoms. The lowest BCUT2D eigenvalue weighted by Crippen LogP contribution is -2.24. The number of furan rings is 1. The smallest absolute Gasteiger partial charge is 0.230 e. The normalized spacial score (nSPS) is 10.8. The van der Waals surface area contributed by atoms with Crippen LogP contribution >= 0.6 is 11.8 Å². The summed E-state index contributed by atoms with van der Waals surface area (Å²) in [5.74, 6) is 3.29.